The van der Waals surface area contributed by atoms with Crippen LogP contribution in [0.15, 0.2) is 212 Å². The van der Waals surface area contributed by atoms with Gasteiger partial charge in [0, 0.05) is 44.1 Å². The number of hydrogen-bond donors (Lipinski definition) is 0. The number of para-hydroxylation sites is 2. The summed E-state index contributed by atoms with van der Waals surface area (Å²) in [7, 11) is 0. The fraction of sp³-hybridized carbons (Fsp3) is 0. The van der Waals surface area contributed by atoms with Crippen LogP contribution < -0.4 is 0 Å². The largest absolute Gasteiger partial charge is 0.309 e. The van der Waals surface area contributed by atoms with Gasteiger partial charge in [-0.15, -0.1) is 0 Å². The summed E-state index contributed by atoms with van der Waals surface area (Å²) in [5, 5.41) is 3.34. The van der Waals surface area contributed by atoms with Crippen molar-refractivity contribution in [1.82, 2.24) is 34.1 Å². The highest BCUT2D eigenvalue weighted by atomic mass is 15.2. The minimum atomic E-state index is 0.460. The first-order valence-corrected chi connectivity index (χ1v) is 20.7. The zero-order valence-electron chi connectivity index (χ0n) is 33.3. The predicted molar refractivity (Wildman–Crippen MR) is 251 cm³/mol. The molecule has 7 nitrogen and oxygen atoms in total. The monoisotopic (exact) mass is 793 g/mol. The van der Waals surface area contributed by atoms with E-state index in [1.807, 2.05) is 97.1 Å². The van der Waals surface area contributed by atoms with E-state index >= 15 is 0 Å². The van der Waals surface area contributed by atoms with E-state index in [2.05, 4.69) is 124 Å². The van der Waals surface area contributed by atoms with E-state index in [4.69, 9.17) is 24.9 Å². The van der Waals surface area contributed by atoms with Gasteiger partial charge in [0.2, 0.25) is 5.95 Å². The van der Waals surface area contributed by atoms with E-state index in [-0.39, 0.29) is 0 Å². The van der Waals surface area contributed by atoms with E-state index < -0.39 is 0 Å². The second-order valence-electron chi connectivity index (χ2n) is 15.3. The molecule has 8 aromatic carbocycles. The topological polar surface area (TPSA) is 74.3 Å². The van der Waals surface area contributed by atoms with Crippen LogP contribution in [0.1, 0.15) is 0 Å². The average Bonchev–Trinajstić information content (AvgIpc) is 3.86. The maximum atomic E-state index is 5.56. The van der Waals surface area contributed by atoms with Crippen LogP contribution in [0.4, 0.5) is 0 Å². The molecule has 0 aliphatic heterocycles. The van der Waals surface area contributed by atoms with E-state index in [0.29, 0.717) is 23.2 Å². The summed E-state index contributed by atoms with van der Waals surface area (Å²) in [5.74, 6) is 1.60. The third kappa shape index (κ3) is 5.94. The Labute approximate surface area is 356 Å². The summed E-state index contributed by atoms with van der Waals surface area (Å²) in [6.07, 6.45) is 0. The van der Waals surface area contributed by atoms with Crippen molar-refractivity contribution in [2.75, 3.05) is 0 Å². The Morgan fingerprint density at radius 2 is 0.742 bits per heavy atom. The molecule has 0 aliphatic rings. The lowest BCUT2D eigenvalue weighted by Crippen LogP contribution is -2.07. The third-order valence-corrected chi connectivity index (χ3v) is 11.6. The molecule has 4 heterocycles. The number of rotatable bonds is 7. The Bertz CT molecular complexity index is 3550. The van der Waals surface area contributed by atoms with E-state index in [9.17, 15) is 0 Å². The average molecular weight is 794 g/mol. The lowest BCUT2D eigenvalue weighted by Gasteiger charge is -2.12. The molecule has 12 aromatic rings. The van der Waals surface area contributed by atoms with Crippen molar-refractivity contribution >= 4 is 43.9 Å². The minimum absolute atomic E-state index is 0.460. The fourth-order valence-corrected chi connectivity index (χ4v) is 8.68. The lowest BCUT2D eigenvalue weighted by atomic mass is 10.0. The van der Waals surface area contributed by atoms with Gasteiger partial charge in [0.25, 0.3) is 0 Å². The van der Waals surface area contributed by atoms with Crippen molar-refractivity contribution in [3.05, 3.63) is 212 Å². The minimum Gasteiger partial charge on any atom is -0.309 e. The van der Waals surface area contributed by atoms with Crippen molar-refractivity contribution in [3.63, 3.8) is 0 Å². The molecule has 0 saturated carbocycles. The highest BCUT2D eigenvalue weighted by Crippen LogP contribution is 2.40. The number of benzene rings is 8. The zero-order chi connectivity index (χ0) is 41.0. The van der Waals surface area contributed by atoms with Crippen molar-refractivity contribution in [2.45, 2.75) is 0 Å². The molecular formula is C55H35N7. The van der Waals surface area contributed by atoms with Crippen molar-refractivity contribution in [2.24, 2.45) is 0 Å². The third-order valence-electron chi connectivity index (χ3n) is 11.6. The molecule has 0 unspecified atom stereocenters. The van der Waals surface area contributed by atoms with Gasteiger partial charge in [-0.05, 0) is 53.6 Å². The van der Waals surface area contributed by atoms with Crippen LogP contribution in [0, 0.1) is 0 Å². The Kier molecular flexibility index (Phi) is 8.35. The Balaban J connectivity index is 1.14. The normalized spacial score (nSPS) is 11.5. The van der Waals surface area contributed by atoms with Crippen LogP contribution in [-0.2, 0) is 0 Å². The molecule has 0 aliphatic carbocycles. The summed E-state index contributed by atoms with van der Waals surface area (Å²) in [6.45, 7) is 0. The smallest absolute Gasteiger partial charge is 0.240 e. The molecule has 0 saturated heterocycles. The van der Waals surface area contributed by atoms with E-state index in [1.54, 1.807) is 0 Å². The lowest BCUT2D eigenvalue weighted by molar-refractivity contribution is 0.943. The van der Waals surface area contributed by atoms with Gasteiger partial charge in [-0.25, -0.2) is 15.0 Å². The second kappa shape index (κ2) is 14.6. The molecule has 0 spiro atoms. The number of hydrogen-bond acceptors (Lipinski definition) is 5. The molecule has 4 aromatic heterocycles. The van der Waals surface area contributed by atoms with Crippen LogP contribution in [0.5, 0.6) is 0 Å². The quantitative estimate of drug-likeness (QED) is 0.161. The Hall–Kier alpha value is -8.55. The Morgan fingerprint density at radius 3 is 1.32 bits per heavy atom. The molecule has 0 bridgehead atoms. The fourth-order valence-electron chi connectivity index (χ4n) is 8.68. The summed E-state index contributed by atoms with van der Waals surface area (Å²) in [5.41, 5.74) is 13.2. The molecule has 290 valence electrons. The van der Waals surface area contributed by atoms with Gasteiger partial charge in [0.1, 0.15) is 5.52 Å². The molecule has 0 atom stereocenters. The van der Waals surface area contributed by atoms with Crippen LogP contribution in [0.3, 0.4) is 0 Å². The first kappa shape index (κ1) is 35.4. The highest BCUT2D eigenvalue weighted by molar-refractivity contribution is 6.12. The van der Waals surface area contributed by atoms with Gasteiger partial charge in [-0.2, -0.15) is 9.97 Å². The number of aromatic nitrogens is 7. The van der Waals surface area contributed by atoms with Gasteiger partial charge < -0.3 is 4.57 Å². The van der Waals surface area contributed by atoms with Crippen LogP contribution in [0.2, 0.25) is 0 Å². The van der Waals surface area contributed by atoms with Crippen molar-refractivity contribution < 1.29 is 0 Å². The summed E-state index contributed by atoms with van der Waals surface area (Å²) >= 11 is 0. The molecule has 7 heteroatoms. The molecular weight excluding hydrogens is 759 g/mol. The SMILES string of the molecule is c1ccc(-c2nc(-c3ccccc3)nc(-n3c4ccc(-c5ccc6c(c5)c5ccccc5n6-c5ccccc5)cc4c4nc(-c5ccccc5)c(-c5ccccc5)nc43)n2)cc1. The van der Waals surface area contributed by atoms with Crippen LogP contribution >= 0.6 is 0 Å². The first-order valence-electron chi connectivity index (χ1n) is 20.7. The van der Waals surface area contributed by atoms with Crippen molar-refractivity contribution in [1.29, 1.82) is 0 Å². The van der Waals surface area contributed by atoms with Gasteiger partial charge in [0.05, 0.1) is 27.9 Å². The summed E-state index contributed by atoms with van der Waals surface area (Å²) < 4.78 is 4.40. The van der Waals surface area contributed by atoms with Crippen LogP contribution in [0.25, 0.3) is 112 Å². The number of nitrogens with zero attached hydrogens (tertiary/aromatic N) is 7. The van der Waals surface area contributed by atoms with Gasteiger partial charge >= 0.3 is 0 Å². The Morgan fingerprint density at radius 1 is 0.290 bits per heavy atom. The summed E-state index contributed by atoms with van der Waals surface area (Å²) in [4.78, 5) is 26.5. The standard InChI is InChI=1S/C55H35N7/c1-6-18-36(19-7-1)49-50(37-20-8-2-9-21-37)57-54-51(56-49)45-35-41(40-30-32-47-44(34-40)43-28-16-17-29-46(43)61(47)42-26-14-5-15-27-42)31-33-48(45)62(54)55-59-52(38-22-10-3-11-23-38)58-53(60-55)39-24-12-4-13-25-39/h1-35H. The number of fused-ring (bicyclic) bond motifs is 6. The van der Waals surface area contributed by atoms with E-state index in [1.165, 1.54) is 16.3 Å². The molecule has 0 amide bonds. The molecule has 0 N–H and O–H groups in total. The first-order chi connectivity index (χ1) is 30.7. The van der Waals surface area contributed by atoms with Gasteiger partial charge in [-0.1, -0.05) is 170 Å². The summed E-state index contributed by atoms with van der Waals surface area (Å²) in [6, 6.07) is 73.3. The van der Waals surface area contributed by atoms with Crippen molar-refractivity contribution in [3.8, 4) is 68.1 Å². The maximum Gasteiger partial charge on any atom is 0.240 e. The van der Waals surface area contributed by atoms with Gasteiger partial charge in [0.15, 0.2) is 17.3 Å². The molecule has 12 rings (SSSR count). The second-order valence-corrected chi connectivity index (χ2v) is 15.3. The zero-order valence-corrected chi connectivity index (χ0v) is 33.3. The molecule has 62 heavy (non-hydrogen) atoms. The highest BCUT2D eigenvalue weighted by Gasteiger charge is 2.24. The predicted octanol–water partition coefficient (Wildman–Crippen LogP) is 13.2. The van der Waals surface area contributed by atoms with E-state index in [0.717, 1.165) is 72.4 Å². The van der Waals surface area contributed by atoms with Crippen LogP contribution in [-0.4, -0.2) is 34.1 Å². The molecule has 0 fully saturated rings. The maximum absolute atomic E-state index is 5.56. The molecule has 0 radical (unpaired) electrons. The van der Waals surface area contributed by atoms with Gasteiger partial charge in [-0.3, -0.25) is 4.57 Å².